The summed E-state index contributed by atoms with van der Waals surface area (Å²) >= 11 is 0. The predicted molar refractivity (Wildman–Crippen MR) is 84.7 cm³/mol. The van der Waals surface area contributed by atoms with Crippen LogP contribution in [-0.2, 0) is 9.53 Å². The van der Waals surface area contributed by atoms with E-state index in [0.717, 1.165) is 22.4 Å². The van der Waals surface area contributed by atoms with Gasteiger partial charge in [0, 0.05) is 30.7 Å². The smallest absolute Gasteiger partial charge is 0.357 e. The van der Waals surface area contributed by atoms with Crippen molar-refractivity contribution in [1.82, 2.24) is 4.90 Å². The average molecular weight is 284 g/mol. The van der Waals surface area contributed by atoms with Crippen molar-refractivity contribution in [3.63, 3.8) is 0 Å². The van der Waals surface area contributed by atoms with Crippen LogP contribution in [0, 0.1) is 0 Å². The lowest BCUT2D eigenvalue weighted by molar-refractivity contribution is -0.138. The van der Waals surface area contributed by atoms with Gasteiger partial charge in [-0.1, -0.05) is 12.2 Å². The van der Waals surface area contributed by atoms with Gasteiger partial charge in [0.25, 0.3) is 0 Å². The lowest BCUT2D eigenvalue weighted by Gasteiger charge is -2.11. The Morgan fingerprint density at radius 1 is 1.29 bits per heavy atom. The summed E-state index contributed by atoms with van der Waals surface area (Å²) in [4.78, 5) is 18.1. The standard InChI is InChI=1S/C17H20N2O2/c1-5-21-17(20)16-12(2)15(13(3)18-16)7-6-14-8-10-19(4)11-9-14/h6-11H,5H2,1-4H3/b15-7-. The van der Waals surface area contributed by atoms with Crippen molar-refractivity contribution in [3.8, 4) is 0 Å². The molecule has 2 rings (SSSR count). The predicted octanol–water partition coefficient (Wildman–Crippen LogP) is 3.12. The van der Waals surface area contributed by atoms with Crippen molar-refractivity contribution in [2.75, 3.05) is 13.7 Å². The third kappa shape index (κ3) is 3.40. The van der Waals surface area contributed by atoms with Crippen LogP contribution in [0.15, 0.2) is 64.1 Å². The summed E-state index contributed by atoms with van der Waals surface area (Å²) in [5.74, 6) is -0.357. The Bertz CT molecular complexity index is 615. The van der Waals surface area contributed by atoms with Gasteiger partial charge >= 0.3 is 5.97 Å². The van der Waals surface area contributed by atoms with Gasteiger partial charge in [-0.2, -0.15) is 0 Å². The van der Waals surface area contributed by atoms with Crippen LogP contribution < -0.4 is 0 Å². The number of hydrogen-bond donors (Lipinski definition) is 0. The lowest BCUT2D eigenvalue weighted by atomic mass is 10.0. The number of carbonyl (C=O) groups is 1. The van der Waals surface area contributed by atoms with Gasteiger partial charge in [-0.25, -0.2) is 9.79 Å². The molecule has 21 heavy (non-hydrogen) atoms. The van der Waals surface area contributed by atoms with E-state index in [4.69, 9.17) is 4.74 Å². The van der Waals surface area contributed by atoms with Gasteiger partial charge in [-0.15, -0.1) is 0 Å². The van der Waals surface area contributed by atoms with E-state index in [1.54, 1.807) is 6.92 Å². The number of esters is 1. The molecule has 0 radical (unpaired) electrons. The molecule has 0 aromatic heterocycles. The van der Waals surface area contributed by atoms with Crippen LogP contribution in [-0.4, -0.2) is 30.2 Å². The molecule has 110 valence electrons. The van der Waals surface area contributed by atoms with E-state index in [1.165, 1.54) is 0 Å². The van der Waals surface area contributed by atoms with Gasteiger partial charge < -0.3 is 9.64 Å². The van der Waals surface area contributed by atoms with E-state index in [9.17, 15) is 4.79 Å². The third-order valence-electron chi connectivity index (χ3n) is 3.34. The van der Waals surface area contributed by atoms with E-state index >= 15 is 0 Å². The number of nitrogens with zero attached hydrogens (tertiary/aromatic N) is 2. The molecule has 0 unspecified atom stereocenters. The number of carbonyl (C=O) groups excluding carboxylic acids is 1. The number of aliphatic imine (C=N–C) groups is 1. The second-order valence-corrected chi connectivity index (χ2v) is 4.94. The van der Waals surface area contributed by atoms with Crippen LogP contribution in [0.4, 0.5) is 0 Å². The van der Waals surface area contributed by atoms with Crippen LogP contribution >= 0.6 is 0 Å². The van der Waals surface area contributed by atoms with Crippen molar-refractivity contribution in [2.45, 2.75) is 20.8 Å². The fraction of sp³-hybridized carbons (Fsp3) is 0.294. The monoisotopic (exact) mass is 284 g/mol. The molecule has 0 saturated carbocycles. The van der Waals surface area contributed by atoms with E-state index in [0.29, 0.717) is 12.3 Å². The Morgan fingerprint density at radius 2 is 1.95 bits per heavy atom. The molecule has 0 N–H and O–H groups in total. The van der Waals surface area contributed by atoms with Crippen molar-refractivity contribution < 1.29 is 9.53 Å². The second-order valence-electron chi connectivity index (χ2n) is 4.94. The number of hydrogen-bond acceptors (Lipinski definition) is 4. The van der Waals surface area contributed by atoms with Crippen molar-refractivity contribution in [3.05, 3.63) is 59.1 Å². The fourth-order valence-corrected chi connectivity index (χ4v) is 2.16. The summed E-state index contributed by atoms with van der Waals surface area (Å²) in [7, 11) is 1.98. The summed E-state index contributed by atoms with van der Waals surface area (Å²) < 4.78 is 5.02. The molecule has 0 amide bonds. The Hall–Kier alpha value is -2.36. The summed E-state index contributed by atoms with van der Waals surface area (Å²) in [6.45, 7) is 5.95. The molecular formula is C17H20N2O2. The minimum atomic E-state index is -0.357. The highest BCUT2D eigenvalue weighted by atomic mass is 16.5. The normalized spacial score (nSPS) is 19.4. The maximum atomic E-state index is 11.8. The topological polar surface area (TPSA) is 41.9 Å². The zero-order valence-corrected chi connectivity index (χ0v) is 12.9. The third-order valence-corrected chi connectivity index (χ3v) is 3.34. The van der Waals surface area contributed by atoms with E-state index in [-0.39, 0.29) is 5.97 Å². The molecule has 0 aromatic rings. The Labute approximate surface area is 125 Å². The largest absolute Gasteiger partial charge is 0.461 e. The first-order valence-electron chi connectivity index (χ1n) is 6.97. The first kappa shape index (κ1) is 15.0. The van der Waals surface area contributed by atoms with Gasteiger partial charge in [0.2, 0.25) is 0 Å². The molecule has 0 spiro atoms. The Kier molecular flexibility index (Phi) is 4.58. The summed E-state index contributed by atoms with van der Waals surface area (Å²) in [6.07, 6.45) is 12.1. The molecular weight excluding hydrogens is 264 g/mol. The molecule has 4 nitrogen and oxygen atoms in total. The molecule has 0 saturated heterocycles. The lowest BCUT2D eigenvalue weighted by Crippen LogP contribution is -2.06. The molecule has 0 aromatic carbocycles. The second kappa shape index (κ2) is 6.39. The minimum Gasteiger partial charge on any atom is -0.461 e. The molecule has 4 heteroatoms. The average Bonchev–Trinajstić information content (AvgIpc) is 2.74. The summed E-state index contributed by atoms with van der Waals surface area (Å²) in [5, 5.41) is 0. The van der Waals surface area contributed by atoms with Crippen LogP contribution in [0.3, 0.4) is 0 Å². The number of allylic oxidation sites excluding steroid dienone is 7. The van der Waals surface area contributed by atoms with Crippen molar-refractivity contribution >= 4 is 11.7 Å². The van der Waals surface area contributed by atoms with Gasteiger partial charge in [0.15, 0.2) is 5.70 Å². The maximum absolute atomic E-state index is 11.8. The number of rotatable bonds is 3. The molecule has 2 aliphatic rings. The zero-order valence-electron chi connectivity index (χ0n) is 12.9. The first-order valence-corrected chi connectivity index (χ1v) is 6.97. The highest BCUT2D eigenvalue weighted by molar-refractivity contribution is 6.10. The van der Waals surface area contributed by atoms with Crippen LogP contribution in [0.2, 0.25) is 0 Å². The van der Waals surface area contributed by atoms with Crippen molar-refractivity contribution in [1.29, 1.82) is 0 Å². The fourth-order valence-electron chi connectivity index (χ4n) is 2.16. The quantitative estimate of drug-likeness (QED) is 0.748. The van der Waals surface area contributed by atoms with Gasteiger partial charge in [0.1, 0.15) is 0 Å². The summed E-state index contributed by atoms with van der Waals surface area (Å²) in [5.41, 5.74) is 4.20. The molecule has 2 aliphatic heterocycles. The zero-order chi connectivity index (χ0) is 15.4. The first-order chi connectivity index (χ1) is 10.0. The van der Waals surface area contributed by atoms with E-state index < -0.39 is 0 Å². The SMILES string of the molecule is CCOC(=O)C1=C(C)/C(=C/C=C2C=CN(C)C=C2)C(C)=N1. The van der Waals surface area contributed by atoms with Gasteiger partial charge in [0.05, 0.1) is 6.61 Å². The van der Waals surface area contributed by atoms with Crippen LogP contribution in [0.5, 0.6) is 0 Å². The molecule has 0 atom stereocenters. The van der Waals surface area contributed by atoms with Gasteiger partial charge in [-0.05, 0) is 44.1 Å². The highest BCUT2D eigenvalue weighted by Gasteiger charge is 2.23. The van der Waals surface area contributed by atoms with Crippen LogP contribution in [0.25, 0.3) is 0 Å². The number of ether oxygens (including phenoxy) is 1. The Morgan fingerprint density at radius 3 is 2.57 bits per heavy atom. The summed E-state index contributed by atoms with van der Waals surface area (Å²) in [6, 6.07) is 0. The van der Waals surface area contributed by atoms with Gasteiger partial charge in [-0.3, -0.25) is 0 Å². The van der Waals surface area contributed by atoms with Crippen LogP contribution in [0.1, 0.15) is 20.8 Å². The van der Waals surface area contributed by atoms with Crippen molar-refractivity contribution in [2.24, 2.45) is 4.99 Å². The molecule has 2 heterocycles. The molecule has 0 aliphatic carbocycles. The highest BCUT2D eigenvalue weighted by Crippen LogP contribution is 2.26. The molecule has 0 fully saturated rings. The van der Waals surface area contributed by atoms with E-state index in [2.05, 4.69) is 4.99 Å². The maximum Gasteiger partial charge on any atom is 0.357 e. The molecule has 0 bridgehead atoms. The minimum absolute atomic E-state index is 0.357. The Balaban J connectivity index is 2.25. The van der Waals surface area contributed by atoms with E-state index in [1.807, 2.05) is 62.5 Å².